The summed E-state index contributed by atoms with van der Waals surface area (Å²) in [5.74, 6) is 1.24. The Labute approximate surface area is 274 Å². The Morgan fingerprint density at radius 1 is 1.00 bits per heavy atom. The average Bonchev–Trinajstić information content (AvgIpc) is 3.68. The number of carbonyl (C=O) groups excluding carboxylic acids is 2. The second-order valence-electron chi connectivity index (χ2n) is 9.77. The number of primary sulfonamides is 1. The molecule has 13 nitrogen and oxygen atoms in total. The molecular weight excluding hydrogens is 647 g/mol. The second-order valence-corrected chi connectivity index (χ2v) is 12.3. The van der Waals surface area contributed by atoms with Gasteiger partial charge >= 0.3 is 0 Å². The number of furan rings is 1. The number of para-hydroxylation sites is 1. The summed E-state index contributed by atoms with van der Waals surface area (Å²) in [6.45, 7) is -0.211. The number of anilines is 1. The van der Waals surface area contributed by atoms with Gasteiger partial charge in [0, 0.05) is 11.3 Å². The van der Waals surface area contributed by atoms with Crippen molar-refractivity contribution < 1.29 is 36.6 Å². The van der Waals surface area contributed by atoms with Gasteiger partial charge in [-0.15, -0.1) is 5.10 Å². The van der Waals surface area contributed by atoms with Crippen LogP contribution >= 0.6 is 11.8 Å². The van der Waals surface area contributed by atoms with E-state index in [4.69, 9.17) is 23.8 Å². The SMILES string of the molecule is COc1ccc(/C=N/N=C2\S/C(=C\c3ccccc3OCC(=O)Nc3ccc(S(N)(=O)=O)cc3)C(=O)N2Cc2ccco2)cc1OC. The molecule has 1 aliphatic heterocycles. The van der Waals surface area contributed by atoms with E-state index in [1.807, 2.05) is 0 Å². The quantitative estimate of drug-likeness (QED) is 0.125. The fourth-order valence-electron chi connectivity index (χ4n) is 4.30. The topological polar surface area (TPSA) is 175 Å². The molecule has 1 aromatic heterocycles. The summed E-state index contributed by atoms with van der Waals surface area (Å²) < 4.78 is 44.8. The normalized spacial score (nSPS) is 15.0. The number of nitrogens with zero attached hydrogens (tertiary/aromatic N) is 3. The van der Waals surface area contributed by atoms with E-state index in [2.05, 4.69) is 15.5 Å². The third kappa shape index (κ3) is 8.46. The van der Waals surface area contributed by atoms with Crippen molar-refractivity contribution in [1.82, 2.24) is 4.90 Å². The van der Waals surface area contributed by atoms with Crippen LogP contribution in [-0.4, -0.2) is 57.3 Å². The van der Waals surface area contributed by atoms with Gasteiger partial charge in [0.15, 0.2) is 23.3 Å². The van der Waals surface area contributed by atoms with E-state index in [9.17, 15) is 18.0 Å². The number of methoxy groups -OCH3 is 2. The molecule has 0 saturated carbocycles. The lowest BCUT2D eigenvalue weighted by atomic mass is 10.2. The Morgan fingerprint density at radius 3 is 2.47 bits per heavy atom. The minimum Gasteiger partial charge on any atom is -0.493 e. The van der Waals surface area contributed by atoms with Crippen molar-refractivity contribution in [3.05, 3.63) is 107 Å². The number of amides is 2. The molecule has 47 heavy (non-hydrogen) atoms. The van der Waals surface area contributed by atoms with Crippen LogP contribution in [0.2, 0.25) is 0 Å². The van der Waals surface area contributed by atoms with Crippen LogP contribution in [0.5, 0.6) is 17.2 Å². The van der Waals surface area contributed by atoms with Crippen molar-refractivity contribution in [2.24, 2.45) is 15.3 Å². The van der Waals surface area contributed by atoms with Gasteiger partial charge in [-0.05, 0) is 84.1 Å². The number of benzene rings is 3. The summed E-state index contributed by atoms with van der Waals surface area (Å²) >= 11 is 1.13. The lowest BCUT2D eigenvalue weighted by Gasteiger charge is -2.12. The van der Waals surface area contributed by atoms with Gasteiger partial charge in [-0.1, -0.05) is 18.2 Å². The van der Waals surface area contributed by atoms with Crippen LogP contribution in [0.3, 0.4) is 0 Å². The first-order valence-electron chi connectivity index (χ1n) is 13.9. The van der Waals surface area contributed by atoms with Gasteiger partial charge in [-0.3, -0.25) is 14.5 Å². The third-order valence-electron chi connectivity index (χ3n) is 6.57. The van der Waals surface area contributed by atoms with Crippen molar-refractivity contribution in [2.75, 3.05) is 26.1 Å². The zero-order valence-corrected chi connectivity index (χ0v) is 26.8. The first-order chi connectivity index (χ1) is 22.6. The van der Waals surface area contributed by atoms with Crippen molar-refractivity contribution in [3.63, 3.8) is 0 Å². The number of nitrogens with one attached hydrogen (secondary N) is 1. The van der Waals surface area contributed by atoms with Gasteiger partial charge < -0.3 is 23.9 Å². The van der Waals surface area contributed by atoms with E-state index in [-0.39, 0.29) is 24.0 Å². The van der Waals surface area contributed by atoms with Crippen LogP contribution in [0.25, 0.3) is 6.08 Å². The Kier molecular flexibility index (Phi) is 10.4. The molecule has 0 spiro atoms. The Bertz CT molecular complexity index is 1960. The lowest BCUT2D eigenvalue weighted by molar-refractivity contribution is -0.122. The standard InChI is InChI=1S/C32H29N5O8S2/c1-42-27-14-9-21(16-28(27)43-2)18-34-36-32-37(19-24-7-5-15-44-24)31(39)29(46-32)17-22-6-3-4-8-26(22)45-20-30(38)35-23-10-12-25(13-11-23)47(33,40)41/h3-18H,19-20H2,1-2H3,(H,35,38)(H2,33,40,41)/b29-17-,34-18+,36-32-. The summed E-state index contributed by atoms with van der Waals surface area (Å²) in [6, 6.07) is 21.2. The molecule has 0 bridgehead atoms. The number of hydrogen-bond acceptors (Lipinski definition) is 11. The minimum absolute atomic E-state index is 0.0753. The molecule has 5 rings (SSSR count). The summed E-state index contributed by atoms with van der Waals surface area (Å²) in [6.07, 6.45) is 4.71. The third-order valence-corrected chi connectivity index (χ3v) is 8.50. The van der Waals surface area contributed by atoms with Gasteiger partial charge in [0.05, 0.1) is 43.0 Å². The Balaban J connectivity index is 1.32. The van der Waals surface area contributed by atoms with Gasteiger partial charge in [0.25, 0.3) is 11.8 Å². The molecule has 0 atom stereocenters. The molecule has 0 unspecified atom stereocenters. The Hall–Kier alpha value is -5.38. The molecule has 2 amide bonds. The van der Waals surface area contributed by atoms with Gasteiger partial charge in [-0.25, -0.2) is 13.6 Å². The number of nitrogens with two attached hydrogens (primary N) is 1. The molecule has 2 heterocycles. The monoisotopic (exact) mass is 675 g/mol. The molecule has 1 saturated heterocycles. The minimum atomic E-state index is -3.85. The first kappa shape index (κ1) is 33.0. The summed E-state index contributed by atoms with van der Waals surface area (Å²) in [4.78, 5) is 27.9. The van der Waals surface area contributed by atoms with E-state index >= 15 is 0 Å². The lowest BCUT2D eigenvalue weighted by Crippen LogP contribution is -2.28. The predicted molar refractivity (Wildman–Crippen MR) is 178 cm³/mol. The van der Waals surface area contributed by atoms with Crippen LogP contribution in [0.15, 0.2) is 110 Å². The molecule has 0 aliphatic carbocycles. The summed E-state index contributed by atoms with van der Waals surface area (Å²) in [5, 5.41) is 16.6. The van der Waals surface area contributed by atoms with E-state index in [1.54, 1.807) is 74.9 Å². The van der Waals surface area contributed by atoms with Crippen LogP contribution in [0.4, 0.5) is 5.69 Å². The maximum absolute atomic E-state index is 13.6. The van der Waals surface area contributed by atoms with E-state index in [0.29, 0.717) is 49.9 Å². The number of rotatable bonds is 12. The van der Waals surface area contributed by atoms with Crippen molar-refractivity contribution in [2.45, 2.75) is 11.4 Å². The van der Waals surface area contributed by atoms with Gasteiger partial charge in [0.1, 0.15) is 11.5 Å². The van der Waals surface area contributed by atoms with Crippen molar-refractivity contribution in [1.29, 1.82) is 0 Å². The van der Waals surface area contributed by atoms with Crippen molar-refractivity contribution in [3.8, 4) is 17.2 Å². The predicted octanol–water partition coefficient (Wildman–Crippen LogP) is 4.47. The number of thioether (sulfide) groups is 1. The van der Waals surface area contributed by atoms with Crippen LogP contribution in [-0.2, 0) is 26.2 Å². The van der Waals surface area contributed by atoms with Crippen LogP contribution in [0, 0.1) is 0 Å². The summed E-state index contributed by atoms with van der Waals surface area (Å²) in [7, 11) is -0.762. The Morgan fingerprint density at radius 2 is 1.77 bits per heavy atom. The van der Waals surface area contributed by atoms with E-state index in [0.717, 1.165) is 11.8 Å². The molecular formula is C32H29N5O8S2. The maximum atomic E-state index is 13.6. The highest BCUT2D eigenvalue weighted by Gasteiger charge is 2.34. The van der Waals surface area contributed by atoms with Crippen LogP contribution < -0.4 is 24.7 Å². The van der Waals surface area contributed by atoms with E-state index < -0.39 is 15.9 Å². The zero-order valence-electron chi connectivity index (χ0n) is 25.2. The molecule has 0 radical (unpaired) electrons. The molecule has 1 fully saturated rings. The molecule has 1 aliphatic rings. The van der Waals surface area contributed by atoms with Crippen LogP contribution in [0.1, 0.15) is 16.9 Å². The molecule has 3 N–H and O–H groups in total. The maximum Gasteiger partial charge on any atom is 0.267 e. The highest BCUT2D eigenvalue weighted by molar-refractivity contribution is 8.18. The van der Waals surface area contributed by atoms with Gasteiger partial charge in [0.2, 0.25) is 10.0 Å². The molecule has 15 heteroatoms. The number of hydrogen-bond donors (Lipinski definition) is 2. The zero-order chi connectivity index (χ0) is 33.4. The first-order valence-corrected chi connectivity index (χ1v) is 16.2. The number of ether oxygens (including phenoxy) is 3. The van der Waals surface area contributed by atoms with Gasteiger partial charge in [-0.2, -0.15) is 5.10 Å². The highest BCUT2D eigenvalue weighted by Crippen LogP contribution is 2.35. The molecule has 242 valence electrons. The number of carbonyl (C=O) groups is 2. The average molecular weight is 676 g/mol. The number of sulfonamides is 1. The number of amidine groups is 1. The summed E-state index contributed by atoms with van der Waals surface area (Å²) in [5.41, 5.74) is 1.64. The molecule has 3 aromatic carbocycles. The largest absolute Gasteiger partial charge is 0.493 e. The fourth-order valence-corrected chi connectivity index (χ4v) is 5.74. The van der Waals surface area contributed by atoms with E-state index in [1.165, 1.54) is 41.6 Å². The molecule has 4 aromatic rings. The fraction of sp³-hybridized carbons (Fsp3) is 0.125. The van der Waals surface area contributed by atoms with Crippen molar-refractivity contribution >= 4 is 56.7 Å². The smallest absolute Gasteiger partial charge is 0.267 e. The second kappa shape index (κ2) is 14.8. The highest BCUT2D eigenvalue weighted by atomic mass is 32.2.